The third-order valence-corrected chi connectivity index (χ3v) is 4.94. The molecule has 0 saturated heterocycles. The molecule has 0 aromatic heterocycles. The van der Waals surface area contributed by atoms with Crippen LogP contribution in [0.2, 0.25) is 0 Å². The third kappa shape index (κ3) is 4.93. The number of benzene rings is 1. The number of unbranched alkanes of at least 4 members (excludes halogenated alkanes) is 2. The van der Waals surface area contributed by atoms with Crippen molar-refractivity contribution in [2.45, 2.75) is 73.6 Å². The second-order valence-electron chi connectivity index (χ2n) is 6.70. The zero-order valence-electron chi connectivity index (χ0n) is 16.1. The van der Waals surface area contributed by atoms with Crippen molar-refractivity contribution in [3.63, 3.8) is 0 Å². The fourth-order valence-electron chi connectivity index (χ4n) is 2.84. The van der Waals surface area contributed by atoms with Crippen LogP contribution in [0.15, 0.2) is 6.07 Å². The molecule has 0 fully saturated rings. The van der Waals surface area contributed by atoms with Gasteiger partial charge in [-0.1, -0.05) is 33.1 Å². The van der Waals surface area contributed by atoms with Gasteiger partial charge in [0.25, 0.3) is 0 Å². The summed E-state index contributed by atoms with van der Waals surface area (Å²) >= 11 is 0. The average molecular weight is 332 g/mol. The smallest absolute Gasteiger partial charge is 0.316 e. The van der Waals surface area contributed by atoms with E-state index in [1.807, 2.05) is 26.8 Å². The van der Waals surface area contributed by atoms with Gasteiger partial charge in [-0.25, -0.2) is 0 Å². The Morgan fingerprint density at radius 3 is 2.17 bits per heavy atom. The van der Waals surface area contributed by atoms with Crippen molar-refractivity contribution in [1.29, 1.82) is 0 Å². The molecule has 0 bridgehead atoms. The van der Waals surface area contributed by atoms with E-state index in [2.05, 4.69) is 20.8 Å². The molecule has 0 amide bonds. The quantitative estimate of drug-likeness (QED) is 0.268. The van der Waals surface area contributed by atoms with Gasteiger partial charge in [0.1, 0.15) is 5.92 Å². The fourth-order valence-corrected chi connectivity index (χ4v) is 2.84. The van der Waals surface area contributed by atoms with Gasteiger partial charge in [-0.15, -0.1) is 0 Å². The molecular formula is C21H32O3. The number of ether oxygens (including phenoxy) is 1. The maximum absolute atomic E-state index is 13.1. The van der Waals surface area contributed by atoms with Crippen molar-refractivity contribution in [1.82, 2.24) is 0 Å². The Balaban J connectivity index is 3.10. The lowest BCUT2D eigenvalue weighted by Crippen LogP contribution is -2.27. The van der Waals surface area contributed by atoms with Gasteiger partial charge in [0.2, 0.25) is 0 Å². The second kappa shape index (κ2) is 9.61. The highest BCUT2D eigenvalue weighted by Crippen LogP contribution is 2.25. The highest BCUT2D eigenvalue weighted by Gasteiger charge is 2.30. The average Bonchev–Trinajstić information content (AvgIpc) is 2.56. The van der Waals surface area contributed by atoms with Gasteiger partial charge in [0.05, 0.1) is 6.61 Å². The first-order valence-corrected chi connectivity index (χ1v) is 9.13. The number of rotatable bonds is 9. The summed E-state index contributed by atoms with van der Waals surface area (Å²) in [4.78, 5) is 25.5. The molecule has 1 aromatic rings. The summed E-state index contributed by atoms with van der Waals surface area (Å²) in [6.45, 7) is 12.6. The first kappa shape index (κ1) is 20.4. The van der Waals surface area contributed by atoms with Crippen molar-refractivity contribution in [3.05, 3.63) is 33.9 Å². The molecule has 0 saturated carbocycles. The number of hydrogen-bond acceptors (Lipinski definition) is 3. The molecule has 0 aliphatic rings. The van der Waals surface area contributed by atoms with E-state index in [-0.39, 0.29) is 11.8 Å². The highest BCUT2D eigenvalue weighted by atomic mass is 16.5. The molecular weight excluding hydrogens is 300 g/mol. The van der Waals surface area contributed by atoms with E-state index in [9.17, 15) is 9.59 Å². The topological polar surface area (TPSA) is 43.4 Å². The Morgan fingerprint density at radius 1 is 0.958 bits per heavy atom. The highest BCUT2D eigenvalue weighted by molar-refractivity contribution is 6.09. The van der Waals surface area contributed by atoms with Gasteiger partial charge < -0.3 is 4.74 Å². The summed E-state index contributed by atoms with van der Waals surface area (Å²) in [6.07, 6.45) is 4.17. The van der Waals surface area contributed by atoms with Crippen LogP contribution in [-0.4, -0.2) is 18.4 Å². The van der Waals surface area contributed by atoms with Gasteiger partial charge >= 0.3 is 5.97 Å². The number of carbonyl (C=O) groups is 2. The van der Waals surface area contributed by atoms with Crippen LogP contribution in [0.1, 0.15) is 78.6 Å². The van der Waals surface area contributed by atoms with E-state index in [1.54, 1.807) is 0 Å². The molecule has 0 radical (unpaired) electrons. The number of esters is 1. The van der Waals surface area contributed by atoms with Crippen LogP contribution in [-0.2, 0) is 9.53 Å². The summed E-state index contributed by atoms with van der Waals surface area (Å²) in [6, 6.07) is 1.93. The Morgan fingerprint density at radius 2 is 1.58 bits per heavy atom. The van der Waals surface area contributed by atoms with Crippen LogP contribution < -0.4 is 0 Å². The fraction of sp³-hybridized carbons (Fsp3) is 0.619. The molecule has 1 unspecified atom stereocenters. The lowest BCUT2D eigenvalue weighted by atomic mass is 9.86. The summed E-state index contributed by atoms with van der Waals surface area (Å²) < 4.78 is 5.35. The summed E-state index contributed by atoms with van der Waals surface area (Å²) in [5.74, 6) is -1.13. The van der Waals surface area contributed by atoms with Crippen LogP contribution in [0, 0.1) is 33.6 Å². The van der Waals surface area contributed by atoms with E-state index in [1.165, 1.54) is 5.56 Å². The van der Waals surface area contributed by atoms with Crippen molar-refractivity contribution >= 4 is 11.8 Å². The lowest BCUT2D eigenvalue weighted by Gasteiger charge is -2.19. The largest absolute Gasteiger partial charge is 0.465 e. The van der Waals surface area contributed by atoms with Gasteiger partial charge in [-0.3, -0.25) is 9.59 Å². The molecule has 1 aromatic carbocycles. The molecule has 134 valence electrons. The lowest BCUT2D eigenvalue weighted by molar-refractivity contribution is -0.147. The zero-order chi connectivity index (χ0) is 18.3. The molecule has 1 atom stereocenters. The summed E-state index contributed by atoms with van der Waals surface area (Å²) in [5, 5.41) is 0. The van der Waals surface area contributed by atoms with Crippen molar-refractivity contribution in [3.8, 4) is 0 Å². The SMILES string of the molecule is CCCCOC(=O)C(CCCC)C(=O)c1cc(C)c(C)c(C)c1C. The zero-order valence-corrected chi connectivity index (χ0v) is 16.1. The molecule has 3 heteroatoms. The van der Waals surface area contributed by atoms with Crippen molar-refractivity contribution < 1.29 is 14.3 Å². The number of ketones is 1. The molecule has 0 spiro atoms. The maximum Gasteiger partial charge on any atom is 0.316 e. The van der Waals surface area contributed by atoms with E-state index in [4.69, 9.17) is 4.74 Å². The Labute approximate surface area is 146 Å². The molecule has 0 aliphatic heterocycles. The van der Waals surface area contributed by atoms with Gasteiger partial charge in [-0.05, 0) is 68.9 Å². The predicted molar refractivity (Wildman–Crippen MR) is 98.6 cm³/mol. The van der Waals surface area contributed by atoms with E-state index < -0.39 is 5.92 Å². The van der Waals surface area contributed by atoms with Gasteiger partial charge in [0.15, 0.2) is 5.78 Å². The van der Waals surface area contributed by atoms with Crippen LogP contribution in [0.5, 0.6) is 0 Å². The summed E-state index contributed by atoms with van der Waals surface area (Å²) in [7, 11) is 0. The van der Waals surface area contributed by atoms with E-state index >= 15 is 0 Å². The second-order valence-corrected chi connectivity index (χ2v) is 6.70. The van der Waals surface area contributed by atoms with E-state index in [0.29, 0.717) is 18.6 Å². The Bertz CT molecular complexity index is 587. The first-order chi connectivity index (χ1) is 11.3. The normalized spacial score (nSPS) is 12.1. The van der Waals surface area contributed by atoms with E-state index in [0.717, 1.165) is 42.4 Å². The van der Waals surface area contributed by atoms with Crippen LogP contribution in [0.4, 0.5) is 0 Å². The maximum atomic E-state index is 13.1. The van der Waals surface area contributed by atoms with Crippen LogP contribution >= 0.6 is 0 Å². The number of carbonyl (C=O) groups excluding carboxylic acids is 2. The Kier molecular flexibility index (Phi) is 8.17. The summed E-state index contributed by atoms with van der Waals surface area (Å²) in [5.41, 5.74) is 5.08. The number of Topliss-reactive ketones (excluding diaryl/α,β-unsaturated/α-hetero) is 1. The van der Waals surface area contributed by atoms with Crippen molar-refractivity contribution in [2.24, 2.45) is 5.92 Å². The predicted octanol–water partition coefficient (Wildman–Crippen LogP) is 5.25. The van der Waals surface area contributed by atoms with Gasteiger partial charge in [0, 0.05) is 5.56 Å². The minimum absolute atomic E-state index is 0.0892. The van der Waals surface area contributed by atoms with Gasteiger partial charge in [-0.2, -0.15) is 0 Å². The molecule has 1 rings (SSSR count). The Hall–Kier alpha value is -1.64. The van der Waals surface area contributed by atoms with Crippen LogP contribution in [0.25, 0.3) is 0 Å². The molecule has 0 N–H and O–H groups in total. The number of aryl methyl sites for hydroxylation is 1. The third-order valence-electron chi connectivity index (χ3n) is 4.94. The minimum atomic E-state index is -0.679. The first-order valence-electron chi connectivity index (χ1n) is 9.13. The molecule has 0 aliphatic carbocycles. The minimum Gasteiger partial charge on any atom is -0.465 e. The standard InChI is InChI=1S/C21H32O3/c1-7-9-11-18(21(23)24-12-10-8-2)20(22)19-13-14(3)15(4)16(5)17(19)6/h13,18H,7-12H2,1-6H3. The molecule has 0 heterocycles. The monoisotopic (exact) mass is 332 g/mol. The van der Waals surface area contributed by atoms with Crippen LogP contribution in [0.3, 0.4) is 0 Å². The molecule has 3 nitrogen and oxygen atoms in total. The number of hydrogen-bond donors (Lipinski definition) is 0. The molecule has 24 heavy (non-hydrogen) atoms. The van der Waals surface area contributed by atoms with Crippen molar-refractivity contribution in [2.75, 3.05) is 6.61 Å².